The molecule has 114 valence electrons. The third-order valence-corrected chi connectivity index (χ3v) is 5.68. The van der Waals surface area contributed by atoms with Gasteiger partial charge in [-0.25, -0.2) is 0 Å². The van der Waals surface area contributed by atoms with E-state index in [-0.39, 0.29) is 72.4 Å². The van der Waals surface area contributed by atoms with Crippen LogP contribution in [0.3, 0.4) is 0 Å². The summed E-state index contributed by atoms with van der Waals surface area (Å²) in [5.41, 5.74) is 0. The van der Waals surface area contributed by atoms with Crippen molar-refractivity contribution in [3.05, 3.63) is 67.2 Å². The van der Waals surface area contributed by atoms with Crippen LogP contribution in [0.4, 0.5) is 0 Å². The molecule has 0 atom stereocenters. The van der Waals surface area contributed by atoms with Gasteiger partial charge in [0.05, 0.1) is 17.6 Å². The Labute approximate surface area is 180 Å². The Bertz CT molecular complexity index is 436. The molecule has 2 aromatic rings. The van der Waals surface area contributed by atoms with Gasteiger partial charge in [-0.1, -0.05) is 97.2 Å². The number of hydrogen-bond donors (Lipinski definition) is 0. The first-order chi connectivity index (χ1) is 9.61. The molecule has 2 radical (unpaired) electrons. The van der Waals surface area contributed by atoms with Crippen LogP contribution in [0.25, 0.3) is 0 Å². The topological polar surface area (TPSA) is 23.8 Å². The maximum atomic E-state index is 6.25. The third-order valence-electron chi connectivity index (χ3n) is 2.70. The normalized spacial score (nSPS) is 8.00. The average Bonchev–Trinajstić information content (AvgIpc) is 2.51. The van der Waals surface area contributed by atoms with Crippen molar-refractivity contribution in [1.29, 1.82) is 5.26 Å². The maximum Gasteiger partial charge on any atom is 1.00 e. The smallest absolute Gasteiger partial charge is 0.512 e. The van der Waals surface area contributed by atoms with Gasteiger partial charge in [0.2, 0.25) is 0 Å². The summed E-state index contributed by atoms with van der Waals surface area (Å²) < 4.78 is 0. The Hall–Kier alpha value is 0.0781. The van der Waals surface area contributed by atoms with Gasteiger partial charge >= 0.3 is 54.8 Å². The van der Waals surface area contributed by atoms with E-state index in [1.54, 1.807) is 0 Å². The van der Waals surface area contributed by atoms with Gasteiger partial charge in [-0.05, 0) is 0 Å². The van der Waals surface area contributed by atoms with Crippen LogP contribution >= 0.6 is 0 Å². The van der Waals surface area contributed by atoms with Gasteiger partial charge in [-0.2, -0.15) is 0 Å². The summed E-state index contributed by atoms with van der Waals surface area (Å²) in [4.78, 5) is 0. The monoisotopic (exact) mass is 373 g/mol. The molecule has 0 aliphatic rings. The molecule has 2 aromatic carbocycles. The van der Waals surface area contributed by atoms with Gasteiger partial charge in [0.1, 0.15) is 0 Å². The molecule has 0 bridgehead atoms. The molecule has 0 fully saturated rings. The second kappa shape index (κ2) is 20.1. The first-order valence-electron chi connectivity index (χ1n) is 6.54. The quantitative estimate of drug-likeness (QED) is 0.418. The van der Waals surface area contributed by atoms with E-state index in [1.807, 2.05) is 0 Å². The van der Waals surface area contributed by atoms with E-state index in [4.69, 9.17) is 11.8 Å². The molecular weight excluding hydrogens is 352 g/mol. The molecule has 0 N–H and O–H groups in total. The van der Waals surface area contributed by atoms with Crippen LogP contribution in [-0.4, -0.2) is 17.6 Å². The van der Waals surface area contributed by atoms with E-state index in [9.17, 15) is 0 Å². The summed E-state index contributed by atoms with van der Waals surface area (Å²) in [6, 6.07) is 21.4. The predicted molar refractivity (Wildman–Crippen MR) is 92.1 cm³/mol. The van der Waals surface area contributed by atoms with Crippen molar-refractivity contribution in [2.45, 2.75) is 26.2 Å². The molecule has 0 spiro atoms. The second-order valence-corrected chi connectivity index (χ2v) is 9.89. The SMILES string of the molecule is C[Si](C)c1ccccc1.C[Si](C)c1ccccc1.[C-]#N.[Cu+].[Li+].[Li+]. The summed E-state index contributed by atoms with van der Waals surface area (Å²) in [6.45, 7) is 14.0. The number of benzene rings is 2. The molecule has 0 aromatic heterocycles. The molecule has 6 heteroatoms. The van der Waals surface area contributed by atoms with Gasteiger partial charge in [-0.15, -0.1) is 0 Å². The van der Waals surface area contributed by atoms with E-state index in [1.165, 1.54) is 10.4 Å². The predicted octanol–water partition coefficient (Wildman–Crippen LogP) is -2.60. The van der Waals surface area contributed by atoms with Gasteiger partial charge in [0.15, 0.2) is 0 Å². The molecular formula is C17H22CuLi2NSi2+2. The van der Waals surface area contributed by atoms with Crippen molar-refractivity contribution >= 4 is 28.0 Å². The first kappa shape index (κ1) is 30.9. The number of hydrogen-bond acceptors (Lipinski definition) is 1. The van der Waals surface area contributed by atoms with Crippen molar-refractivity contribution in [2.75, 3.05) is 0 Å². The Morgan fingerprint density at radius 2 is 0.826 bits per heavy atom. The van der Waals surface area contributed by atoms with Crippen LogP contribution < -0.4 is 48.1 Å². The van der Waals surface area contributed by atoms with E-state index >= 15 is 0 Å². The summed E-state index contributed by atoms with van der Waals surface area (Å²) in [7, 11) is -0.424. The molecule has 0 aliphatic heterocycles. The zero-order chi connectivity index (χ0) is 15.4. The van der Waals surface area contributed by atoms with Gasteiger partial charge < -0.3 is 11.8 Å². The van der Waals surface area contributed by atoms with E-state index < -0.39 is 0 Å². The summed E-state index contributed by atoms with van der Waals surface area (Å²) in [5.74, 6) is 0. The first-order valence-corrected chi connectivity index (χ1v) is 11.5. The molecule has 1 nitrogen and oxygen atoms in total. The van der Waals surface area contributed by atoms with Crippen LogP contribution in [0, 0.1) is 11.8 Å². The number of nitrogens with zero attached hydrogens (tertiary/aromatic N) is 1. The molecule has 0 aliphatic carbocycles. The van der Waals surface area contributed by atoms with Crippen LogP contribution in [0.15, 0.2) is 60.7 Å². The Morgan fingerprint density at radius 3 is 0.957 bits per heavy atom. The fourth-order valence-electron chi connectivity index (χ4n) is 1.54. The molecule has 0 heterocycles. The summed E-state index contributed by atoms with van der Waals surface area (Å²) in [5, 5.41) is 9.28. The Balaban J connectivity index is -0.000000127. The number of rotatable bonds is 2. The van der Waals surface area contributed by atoms with Crippen molar-refractivity contribution < 1.29 is 54.8 Å². The van der Waals surface area contributed by atoms with Crippen molar-refractivity contribution in [3.63, 3.8) is 0 Å². The molecule has 0 amide bonds. The largest absolute Gasteiger partial charge is 1.00 e. The van der Waals surface area contributed by atoms with Gasteiger partial charge in [0.25, 0.3) is 0 Å². The fourth-order valence-corrected chi connectivity index (χ4v) is 3.26. The molecule has 0 saturated heterocycles. The third kappa shape index (κ3) is 15.4. The van der Waals surface area contributed by atoms with Crippen LogP contribution in [0.2, 0.25) is 26.2 Å². The molecule has 0 unspecified atom stereocenters. The fraction of sp³-hybridized carbons (Fsp3) is 0.235. The van der Waals surface area contributed by atoms with E-state index in [0.717, 1.165) is 0 Å². The zero-order valence-electron chi connectivity index (χ0n) is 15.0. The summed E-state index contributed by atoms with van der Waals surface area (Å²) >= 11 is 0. The van der Waals surface area contributed by atoms with Gasteiger partial charge in [0, 0.05) is 0 Å². The Kier molecular flexibility index (Phi) is 27.0. The van der Waals surface area contributed by atoms with E-state index in [0.29, 0.717) is 0 Å². The van der Waals surface area contributed by atoms with Crippen molar-refractivity contribution in [2.24, 2.45) is 0 Å². The molecule has 2 rings (SSSR count). The van der Waals surface area contributed by atoms with Gasteiger partial charge in [-0.3, -0.25) is 0 Å². The minimum absolute atomic E-state index is 0. The van der Waals surface area contributed by atoms with Crippen LogP contribution in [0.1, 0.15) is 0 Å². The zero-order valence-corrected chi connectivity index (χ0v) is 18.0. The standard InChI is InChI=1S/2C8H11Si.CN.Cu.2Li/c2*1-9(2)8-6-4-3-5-7-8;1-2;;;/h2*3-7H,1-2H3;;;;/q;;-1;3*+1. The van der Waals surface area contributed by atoms with Crippen LogP contribution in [0.5, 0.6) is 0 Å². The van der Waals surface area contributed by atoms with Crippen molar-refractivity contribution in [3.8, 4) is 0 Å². The molecule has 23 heavy (non-hydrogen) atoms. The Morgan fingerprint density at radius 1 is 0.609 bits per heavy atom. The maximum absolute atomic E-state index is 6.25. The molecule has 0 saturated carbocycles. The summed E-state index contributed by atoms with van der Waals surface area (Å²) in [6.07, 6.45) is 0. The minimum atomic E-state index is -0.212. The minimum Gasteiger partial charge on any atom is -0.512 e. The van der Waals surface area contributed by atoms with Crippen LogP contribution in [-0.2, 0) is 17.1 Å². The van der Waals surface area contributed by atoms with E-state index in [2.05, 4.69) is 86.9 Å². The average molecular weight is 374 g/mol. The second-order valence-electron chi connectivity index (χ2n) is 4.73. The van der Waals surface area contributed by atoms with Crippen molar-refractivity contribution in [1.82, 2.24) is 0 Å².